The lowest BCUT2D eigenvalue weighted by atomic mass is 9.80. The molecule has 1 aliphatic heterocycles. The predicted molar refractivity (Wildman–Crippen MR) is 87.2 cm³/mol. The van der Waals surface area contributed by atoms with Gasteiger partial charge in [0.05, 0.1) is 24.8 Å². The Morgan fingerprint density at radius 2 is 2.23 bits per heavy atom. The van der Waals surface area contributed by atoms with Crippen LogP contribution in [0.15, 0.2) is 29.3 Å². The molecule has 1 aliphatic carbocycles. The molecule has 0 saturated heterocycles. The summed E-state index contributed by atoms with van der Waals surface area (Å²) >= 11 is 0. The van der Waals surface area contributed by atoms with Crippen molar-refractivity contribution in [2.45, 2.75) is 44.2 Å². The van der Waals surface area contributed by atoms with Crippen molar-refractivity contribution < 1.29 is 9.84 Å². The summed E-state index contributed by atoms with van der Waals surface area (Å²) in [4.78, 5) is 4.58. The Labute approximate surface area is 131 Å². The van der Waals surface area contributed by atoms with E-state index in [0.29, 0.717) is 13.2 Å². The fourth-order valence-corrected chi connectivity index (χ4v) is 2.95. The molecule has 120 valence electrons. The summed E-state index contributed by atoms with van der Waals surface area (Å²) in [7, 11) is 0. The Kier molecular flexibility index (Phi) is 4.52. The minimum atomic E-state index is -0.587. The summed E-state index contributed by atoms with van der Waals surface area (Å²) < 4.78 is 5.70. The highest BCUT2D eigenvalue weighted by molar-refractivity contribution is 5.80. The maximum atomic E-state index is 10.2. The topological polar surface area (TPSA) is 65.9 Å². The number of hydrogen-bond acceptors (Lipinski definition) is 3. The van der Waals surface area contributed by atoms with E-state index < -0.39 is 5.60 Å². The van der Waals surface area contributed by atoms with Crippen molar-refractivity contribution in [1.29, 1.82) is 0 Å². The molecule has 1 fully saturated rings. The van der Waals surface area contributed by atoms with Crippen molar-refractivity contribution in [2.24, 2.45) is 4.99 Å². The van der Waals surface area contributed by atoms with E-state index in [9.17, 15) is 5.11 Å². The first kappa shape index (κ1) is 15.2. The predicted octanol–water partition coefficient (Wildman–Crippen LogP) is 1.98. The molecular weight excluding hydrogens is 278 g/mol. The number of ether oxygens (including phenoxy) is 1. The molecule has 5 nitrogen and oxygen atoms in total. The lowest BCUT2D eigenvalue weighted by Gasteiger charge is -2.35. The van der Waals surface area contributed by atoms with Gasteiger partial charge in [-0.15, -0.1) is 0 Å². The summed E-state index contributed by atoms with van der Waals surface area (Å²) in [5.74, 6) is 1.71. The highest BCUT2D eigenvalue weighted by Gasteiger charge is 2.34. The van der Waals surface area contributed by atoms with Gasteiger partial charge in [0.25, 0.3) is 0 Å². The van der Waals surface area contributed by atoms with Gasteiger partial charge in [-0.1, -0.05) is 18.2 Å². The minimum Gasteiger partial charge on any atom is -0.493 e. The lowest BCUT2D eigenvalue weighted by Crippen LogP contribution is -2.44. The first-order valence-corrected chi connectivity index (χ1v) is 8.19. The van der Waals surface area contributed by atoms with Crippen LogP contribution in [0.2, 0.25) is 0 Å². The molecule has 3 rings (SSSR count). The van der Waals surface area contributed by atoms with Crippen LogP contribution in [-0.2, 0) is 0 Å². The number of para-hydroxylation sites is 1. The number of guanidine groups is 1. The first-order chi connectivity index (χ1) is 10.7. The van der Waals surface area contributed by atoms with E-state index in [4.69, 9.17) is 4.74 Å². The number of fused-ring (bicyclic) bond motifs is 1. The van der Waals surface area contributed by atoms with Crippen molar-refractivity contribution in [2.75, 3.05) is 19.7 Å². The normalized spacial score (nSPS) is 23.0. The van der Waals surface area contributed by atoms with Gasteiger partial charge in [0.2, 0.25) is 0 Å². The molecule has 0 bridgehead atoms. The maximum Gasteiger partial charge on any atom is 0.191 e. The first-order valence-electron chi connectivity index (χ1n) is 8.19. The Hall–Kier alpha value is -1.75. The van der Waals surface area contributed by atoms with Gasteiger partial charge in [-0.3, -0.25) is 4.99 Å². The lowest BCUT2D eigenvalue weighted by molar-refractivity contribution is -0.0236. The molecule has 3 N–H and O–H groups in total. The molecular formula is C17H25N3O2. The van der Waals surface area contributed by atoms with Gasteiger partial charge in [-0.2, -0.15) is 0 Å². The SMILES string of the molecule is CCNC(=NCC1(O)CCC1)NC1CCOc2ccccc21. The third-order valence-electron chi connectivity index (χ3n) is 4.43. The number of nitrogens with one attached hydrogen (secondary N) is 2. The quantitative estimate of drug-likeness (QED) is 0.588. The van der Waals surface area contributed by atoms with Gasteiger partial charge in [0.15, 0.2) is 5.96 Å². The number of aliphatic hydroxyl groups is 1. The van der Waals surface area contributed by atoms with Crippen LogP contribution in [0.5, 0.6) is 5.75 Å². The molecule has 1 saturated carbocycles. The van der Waals surface area contributed by atoms with E-state index in [0.717, 1.165) is 43.9 Å². The zero-order chi connectivity index (χ0) is 15.4. The number of nitrogens with zero attached hydrogens (tertiary/aromatic N) is 1. The van der Waals surface area contributed by atoms with Crippen LogP contribution in [0, 0.1) is 0 Å². The van der Waals surface area contributed by atoms with Crippen LogP contribution in [0.1, 0.15) is 44.2 Å². The second kappa shape index (κ2) is 6.57. The fraction of sp³-hybridized carbons (Fsp3) is 0.588. The Morgan fingerprint density at radius 1 is 1.41 bits per heavy atom. The van der Waals surface area contributed by atoms with E-state index >= 15 is 0 Å². The highest BCUT2D eigenvalue weighted by atomic mass is 16.5. The number of aliphatic imine (C=N–C) groups is 1. The third kappa shape index (κ3) is 3.35. The standard InChI is InChI=1S/C17H25N3O2/c1-2-18-16(19-12-17(21)9-5-10-17)20-14-8-11-22-15-7-4-3-6-13(14)15/h3-4,6-7,14,21H,2,5,8-12H2,1H3,(H2,18,19,20). The van der Waals surface area contributed by atoms with Gasteiger partial charge in [0, 0.05) is 18.5 Å². The molecule has 1 aromatic rings. The third-order valence-corrected chi connectivity index (χ3v) is 4.43. The molecule has 22 heavy (non-hydrogen) atoms. The van der Waals surface area contributed by atoms with Gasteiger partial charge < -0.3 is 20.5 Å². The summed E-state index contributed by atoms with van der Waals surface area (Å²) in [6, 6.07) is 8.31. The molecule has 1 unspecified atom stereocenters. The van der Waals surface area contributed by atoms with Crippen molar-refractivity contribution in [3.63, 3.8) is 0 Å². The second-order valence-corrected chi connectivity index (χ2v) is 6.14. The van der Waals surface area contributed by atoms with Crippen LogP contribution in [0.4, 0.5) is 0 Å². The Balaban J connectivity index is 1.70. The molecule has 1 aromatic carbocycles. The smallest absolute Gasteiger partial charge is 0.191 e. The van der Waals surface area contributed by atoms with Crippen molar-refractivity contribution in [3.8, 4) is 5.75 Å². The van der Waals surface area contributed by atoms with E-state index in [2.05, 4.69) is 21.7 Å². The van der Waals surface area contributed by atoms with Gasteiger partial charge in [-0.25, -0.2) is 0 Å². The number of benzene rings is 1. The van der Waals surface area contributed by atoms with Crippen molar-refractivity contribution in [1.82, 2.24) is 10.6 Å². The Morgan fingerprint density at radius 3 is 2.95 bits per heavy atom. The van der Waals surface area contributed by atoms with Crippen LogP contribution in [-0.4, -0.2) is 36.4 Å². The minimum absolute atomic E-state index is 0.193. The number of rotatable bonds is 4. The average Bonchev–Trinajstić information content (AvgIpc) is 2.51. The number of hydrogen-bond donors (Lipinski definition) is 3. The summed E-state index contributed by atoms with van der Waals surface area (Å²) in [6.07, 6.45) is 3.72. The highest BCUT2D eigenvalue weighted by Crippen LogP contribution is 2.32. The molecule has 0 spiro atoms. The summed E-state index contributed by atoms with van der Waals surface area (Å²) in [5, 5.41) is 17.0. The molecule has 1 atom stereocenters. The molecule has 5 heteroatoms. The van der Waals surface area contributed by atoms with Crippen molar-refractivity contribution in [3.05, 3.63) is 29.8 Å². The second-order valence-electron chi connectivity index (χ2n) is 6.14. The van der Waals surface area contributed by atoms with Crippen molar-refractivity contribution >= 4 is 5.96 Å². The van der Waals surface area contributed by atoms with Gasteiger partial charge >= 0.3 is 0 Å². The zero-order valence-corrected chi connectivity index (χ0v) is 13.1. The monoisotopic (exact) mass is 303 g/mol. The van der Waals surface area contributed by atoms with E-state index in [1.54, 1.807) is 0 Å². The molecule has 1 heterocycles. The van der Waals surface area contributed by atoms with E-state index in [-0.39, 0.29) is 6.04 Å². The summed E-state index contributed by atoms with van der Waals surface area (Å²) in [5.41, 5.74) is 0.581. The molecule has 0 aromatic heterocycles. The molecule has 2 aliphatic rings. The van der Waals surface area contributed by atoms with Crippen LogP contribution >= 0.6 is 0 Å². The van der Waals surface area contributed by atoms with Crippen LogP contribution in [0.3, 0.4) is 0 Å². The van der Waals surface area contributed by atoms with E-state index in [1.807, 2.05) is 25.1 Å². The zero-order valence-electron chi connectivity index (χ0n) is 13.1. The van der Waals surface area contributed by atoms with Gasteiger partial charge in [0.1, 0.15) is 5.75 Å². The van der Waals surface area contributed by atoms with Crippen LogP contribution < -0.4 is 15.4 Å². The Bertz CT molecular complexity index is 540. The fourth-order valence-electron chi connectivity index (χ4n) is 2.95. The largest absolute Gasteiger partial charge is 0.493 e. The van der Waals surface area contributed by atoms with E-state index in [1.165, 1.54) is 5.56 Å². The molecule has 0 amide bonds. The average molecular weight is 303 g/mol. The summed E-state index contributed by atoms with van der Waals surface area (Å²) in [6.45, 7) is 4.02. The molecule has 0 radical (unpaired) electrons. The van der Waals surface area contributed by atoms with Gasteiger partial charge in [-0.05, 0) is 32.3 Å². The van der Waals surface area contributed by atoms with Crippen LogP contribution in [0.25, 0.3) is 0 Å². The maximum absolute atomic E-state index is 10.2.